The summed E-state index contributed by atoms with van der Waals surface area (Å²) in [6.45, 7) is 2.05. The molecular weight excluding hydrogens is 291 g/mol. The van der Waals surface area contributed by atoms with Crippen molar-refractivity contribution in [1.29, 1.82) is 0 Å². The van der Waals surface area contributed by atoms with Gasteiger partial charge in [-0.05, 0) is 30.2 Å². The molecule has 0 nitrogen and oxygen atoms in total. The summed E-state index contributed by atoms with van der Waals surface area (Å²) in [5, 5.41) is 0. The zero-order valence-corrected chi connectivity index (χ0v) is 9.92. The van der Waals surface area contributed by atoms with Crippen molar-refractivity contribution in [3.63, 3.8) is 0 Å². The van der Waals surface area contributed by atoms with Gasteiger partial charge in [0.1, 0.15) is 0 Å². The zero-order chi connectivity index (χ0) is 8.43. The predicted octanol–water partition coefficient (Wildman–Crippen LogP) is 4.26. The largest absolute Gasteiger partial charge is 0.122 e. The quantitative estimate of drug-likeness (QED) is 0.680. The van der Waals surface area contributed by atoms with Crippen LogP contribution < -0.4 is 0 Å². The zero-order valence-electron chi connectivity index (χ0n) is 6.00. The van der Waals surface area contributed by atoms with Crippen molar-refractivity contribution in [3.8, 4) is 0 Å². The highest BCUT2D eigenvalue weighted by Gasteiger charge is 2.02. The van der Waals surface area contributed by atoms with E-state index in [1.54, 1.807) is 0 Å². The minimum absolute atomic E-state index is 0.543. The number of alkyl halides is 1. The smallest absolute Gasteiger partial charge is 0.0485 e. The lowest BCUT2D eigenvalue weighted by atomic mass is 10.2. The first-order valence-corrected chi connectivity index (χ1v) is 5.27. The van der Waals surface area contributed by atoms with Crippen LogP contribution >= 0.6 is 43.5 Å². The van der Waals surface area contributed by atoms with E-state index in [1.165, 1.54) is 5.56 Å². The van der Waals surface area contributed by atoms with Gasteiger partial charge in [0.25, 0.3) is 0 Å². The van der Waals surface area contributed by atoms with E-state index in [-0.39, 0.29) is 0 Å². The third-order valence-electron chi connectivity index (χ3n) is 1.44. The van der Waals surface area contributed by atoms with Gasteiger partial charge in [-0.15, -0.1) is 11.6 Å². The van der Waals surface area contributed by atoms with E-state index in [9.17, 15) is 0 Å². The average molecular weight is 298 g/mol. The Morgan fingerprint density at radius 3 is 2.55 bits per heavy atom. The van der Waals surface area contributed by atoms with Gasteiger partial charge >= 0.3 is 0 Å². The molecule has 3 heteroatoms. The summed E-state index contributed by atoms with van der Waals surface area (Å²) >= 11 is 12.6. The molecule has 0 spiro atoms. The van der Waals surface area contributed by atoms with Crippen molar-refractivity contribution >= 4 is 43.5 Å². The Labute approximate surface area is 88.2 Å². The molecule has 0 saturated heterocycles. The molecule has 60 valence electrons. The molecule has 0 amide bonds. The van der Waals surface area contributed by atoms with Crippen LogP contribution in [0.4, 0.5) is 0 Å². The van der Waals surface area contributed by atoms with Crippen molar-refractivity contribution in [2.75, 3.05) is 0 Å². The summed E-state index contributed by atoms with van der Waals surface area (Å²) in [6.07, 6.45) is 0. The van der Waals surface area contributed by atoms with Crippen LogP contribution in [-0.2, 0) is 5.88 Å². The van der Waals surface area contributed by atoms with Crippen LogP contribution in [0.25, 0.3) is 0 Å². The molecule has 0 fully saturated rings. The summed E-state index contributed by atoms with van der Waals surface area (Å²) in [5.74, 6) is 0.543. The Balaban J connectivity index is 3.24. The van der Waals surface area contributed by atoms with E-state index in [2.05, 4.69) is 37.9 Å². The van der Waals surface area contributed by atoms with Crippen LogP contribution in [0.3, 0.4) is 0 Å². The van der Waals surface area contributed by atoms with Crippen LogP contribution in [0, 0.1) is 6.92 Å². The van der Waals surface area contributed by atoms with Gasteiger partial charge in [0.2, 0.25) is 0 Å². The molecule has 1 rings (SSSR count). The lowest BCUT2D eigenvalue weighted by Crippen LogP contribution is -1.84. The van der Waals surface area contributed by atoms with E-state index in [0.29, 0.717) is 5.88 Å². The molecule has 0 radical (unpaired) electrons. The fraction of sp³-hybridized carbons (Fsp3) is 0.250. The third kappa shape index (κ3) is 2.20. The molecule has 0 aliphatic heterocycles. The van der Waals surface area contributed by atoms with Crippen molar-refractivity contribution < 1.29 is 0 Å². The molecule has 1 aromatic rings. The summed E-state index contributed by atoms with van der Waals surface area (Å²) in [5.41, 5.74) is 2.33. The minimum Gasteiger partial charge on any atom is -0.122 e. The second-order valence-electron chi connectivity index (χ2n) is 2.33. The molecule has 11 heavy (non-hydrogen) atoms. The van der Waals surface area contributed by atoms with E-state index >= 15 is 0 Å². The first kappa shape index (κ1) is 9.56. The maximum atomic E-state index is 5.73. The molecule has 0 unspecified atom stereocenters. The van der Waals surface area contributed by atoms with E-state index in [1.807, 2.05) is 13.0 Å². The maximum Gasteiger partial charge on any atom is 0.0485 e. The number of benzene rings is 1. The van der Waals surface area contributed by atoms with Crippen LogP contribution in [0.2, 0.25) is 0 Å². The molecule has 0 saturated carbocycles. The summed E-state index contributed by atoms with van der Waals surface area (Å²) in [6, 6.07) is 4.07. The molecule has 0 bridgehead atoms. The SMILES string of the molecule is Cc1cc(Br)cc(CCl)c1Br. The Bertz CT molecular complexity index is 271. The number of rotatable bonds is 1. The number of hydrogen-bond acceptors (Lipinski definition) is 0. The summed E-state index contributed by atoms with van der Waals surface area (Å²) in [7, 11) is 0. The topological polar surface area (TPSA) is 0 Å². The van der Waals surface area contributed by atoms with Gasteiger partial charge in [-0.25, -0.2) is 0 Å². The normalized spacial score (nSPS) is 10.2. The molecular formula is C8H7Br2Cl. The first-order valence-electron chi connectivity index (χ1n) is 3.15. The van der Waals surface area contributed by atoms with Gasteiger partial charge in [0, 0.05) is 14.8 Å². The van der Waals surface area contributed by atoms with Crippen LogP contribution in [-0.4, -0.2) is 0 Å². The number of halogens is 3. The third-order valence-corrected chi connectivity index (χ3v) is 3.32. The van der Waals surface area contributed by atoms with Gasteiger partial charge < -0.3 is 0 Å². The van der Waals surface area contributed by atoms with Crippen LogP contribution in [0.15, 0.2) is 21.1 Å². The lowest BCUT2D eigenvalue weighted by Gasteiger charge is -2.04. The van der Waals surface area contributed by atoms with E-state index in [0.717, 1.165) is 14.5 Å². The summed E-state index contributed by atoms with van der Waals surface area (Å²) < 4.78 is 2.18. The Morgan fingerprint density at radius 2 is 2.00 bits per heavy atom. The average Bonchev–Trinajstić information content (AvgIpc) is 1.96. The Hall–Kier alpha value is 0.470. The van der Waals surface area contributed by atoms with Crippen molar-refractivity contribution in [1.82, 2.24) is 0 Å². The van der Waals surface area contributed by atoms with Crippen LogP contribution in [0.1, 0.15) is 11.1 Å². The first-order chi connectivity index (χ1) is 5.15. The van der Waals surface area contributed by atoms with Crippen molar-refractivity contribution in [3.05, 3.63) is 32.2 Å². The predicted molar refractivity (Wildman–Crippen MR) is 56.1 cm³/mol. The van der Waals surface area contributed by atoms with Crippen molar-refractivity contribution in [2.45, 2.75) is 12.8 Å². The molecule has 0 atom stereocenters. The molecule has 0 aliphatic carbocycles. The number of hydrogen-bond donors (Lipinski definition) is 0. The highest BCUT2D eigenvalue weighted by molar-refractivity contribution is 9.11. The van der Waals surface area contributed by atoms with Crippen LogP contribution in [0.5, 0.6) is 0 Å². The maximum absolute atomic E-state index is 5.73. The standard InChI is InChI=1S/C8H7Br2Cl/c1-5-2-7(9)3-6(4-11)8(5)10/h2-3H,4H2,1H3. The monoisotopic (exact) mass is 296 g/mol. The molecule has 0 aliphatic rings. The second kappa shape index (κ2) is 3.92. The second-order valence-corrected chi connectivity index (χ2v) is 4.31. The highest BCUT2D eigenvalue weighted by Crippen LogP contribution is 2.26. The Kier molecular flexibility index (Phi) is 3.41. The van der Waals surface area contributed by atoms with Crippen molar-refractivity contribution in [2.24, 2.45) is 0 Å². The molecule has 0 aromatic heterocycles. The van der Waals surface area contributed by atoms with Gasteiger partial charge in [-0.2, -0.15) is 0 Å². The fourth-order valence-corrected chi connectivity index (χ4v) is 2.25. The molecule has 0 N–H and O–H groups in total. The minimum atomic E-state index is 0.543. The van der Waals surface area contributed by atoms with E-state index < -0.39 is 0 Å². The fourth-order valence-electron chi connectivity index (χ4n) is 0.892. The van der Waals surface area contributed by atoms with Gasteiger partial charge in [-0.1, -0.05) is 31.9 Å². The van der Waals surface area contributed by atoms with Gasteiger partial charge in [0.05, 0.1) is 0 Å². The molecule has 1 aromatic carbocycles. The Morgan fingerprint density at radius 1 is 1.36 bits per heavy atom. The highest BCUT2D eigenvalue weighted by atomic mass is 79.9. The number of aryl methyl sites for hydroxylation is 1. The lowest BCUT2D eigenvalue weighted by molar-refractivity contribution is 1.29. The van der Waals surface area contributed by atoms with E-state index in [4.69, 9.17) is 11.6 Å². The molecule has 0 heterocycles. The van der Waals surface area contributed by atoms with Gasteiger partial charge in [0.15, 0.2) is 0 Å². The summed E-state index contributed by atoms with van der Waals surface area (Å²) in [4.78, 5) is 0. The van der Waals surface area contributed by atoms with Gasteiger partial charge in [-0.3, -0.25) is 0 Å².